The van der Waals surface area contributed by atoms with Gasteiger partial charge in [-0.3, -0.25) is 33.8 Å². The first-order valence-corrected chi connectivity index (χ1v) is 15.5. The Kier molecular flexibility index (Phi) is 14.6. The lowest BCUT2D eigenvalue weighted by atomic mass is 10.0. The van der Waals surface area contributed by atoms with Crippen molar-refractivity contribution in [3.63, 3.8) is 0 Å². The molecule has 246 valence electrons. The van der Waals surface area contributed by atoms with Crippen LogP contribution in [0.15, 0.2) is 35.5 Å². The van der Waals surface area contributed by atoms with Crippen LogP contribution in [0.3, 0.4) is 0 Å². The Balaban J connectivity index is 2.20. The molecule has 0 aliphatic carbocycles. The molecule has 16 nitrogen and oxygen atoms in total. The number of aliphatic carboxylic acids is 1. The minimum Gasteiger partial charge on any atom is -0.481 e. The molecule has 2 aromatic rings. The number of para-hydroxylation sites is 1. The number of thioether (sulfide) groups is 1. The van der Waals surface area contributed by atoms with Crippen LogP contribution in [0.4, 0.5) is 0 Å². The van der Waals surface area contributed by atoms with Crippen LogP contribution in [-0.2, 0) is 35.2 Å². The number of benzene rings is 1. The van der Waals surface area contributed by atoms with Crippen LogP contribution in [-0.4, -0.2) is 94.3 Å². The average Bonchev–Trinajstić information content (AvgIpc) is 3.37. The zero-order valence-corrected chi connectivity index (χ0v) is 25.9. The van der Waals surface area contributed by atoms with Gasteiger partial charge in [-0.15, -0.1) is 0 Å². The molecule has 0 aliphatic heterocycles. The van der Waals surface area contributed by atoms with Crippen LogP contribution in [0.2, 0.25) is 0 Å². The second-order valence-electron chi connectivity index (χ2n) is 10.2. The number of nitrogens with zero attached hydrogens (tertiary/aromatic N) is 1. The lowest BCUT2D eigenvalue weighted by Crippen LogP contribution is -2.58. The molecular weight excluding hydrogens is 606 g/mol. The minimum atomic E-state index is -1.60. The van der Waals surface area contributed by atoms with Crippen molar-refractivity contribution in [2.24, 2.45) is 22.2 Å². The molecule has 1 aromatic heterocycles. The van der Waals surface area contributed by atoms with Gasteiger partial charge in [0.05, 0.1) is 6.42 Å². The number of guanidine groups is 1. The van der Waals surface area contributed by atoms with Gasteiger partial charge in [0.15, 0.2) is 5.96 Å². The van der Waals surface area contributed by atoms with Crippen LogP contribution < -0.4 is 38.5 Å². The number of H-pyrrole nitrogens is 1. The summed E-state index contributed by atoms with van der Waals surface area (Å²) in [5, 5.41) is 20.3. The van der Waals surface area contributed by atoms with Gasteiger partial charge in [-0.2, -0.15) is 11.8 Å². The number of rotatable bonds is 19. The Hall–Kier alpha value is -4.80. The quantitative estimate of drug-likeness (QED) is 0.0480. The summed E-state index contributed by atoms with van der Waals surface area (Å²) < 4.78 is 0. The Bertz CT molecular complexity index is 1390. The molecule has 1 heterocycles. The summed E-state index contributed by atoms with van der Waals surface area (Å²) in [6.45, 7) is 1.43. The van der Waals surface area contributed by atoms with E-state index in [1.807, 2.05) is 24.3 Å². The summed E-state index contributed by atoms with van der Waals surface area (Å²) >= 11 is 1.40. The molecular formula is C28H41N9O7S. The molecule has 0 saturated heterocycles. The van der Waals surface area contributed by atoms with E-state index in [1.54, 1.807) is 12.5 Å². The third kappa shape index (κ3) is 12.4. The second-order valence-corrected chi connectivity index (χ2v) is 11.2. The number of nitrogens with one attached hydrogen (secondary N) is 5. The number of aliphatic imine (C=N–C) groups is 1. The predicted octanol–water partition coefficient (Wildman–Crippen LogP) is -1.56. The summed E-state index contributed by atoms with van der Waals surface area (Å²) in [6, 6.07) is 2.44. The van der Waals surface area contributed by atoms with Crippen molar-refractivity contribution in [1.29, 1.82) is 0 Å². The summed E-state index contributed by atoms with van der Waals surface area (Å²) in [5.41, 5.74) is 17.6. The predicted molar refractivity (Wildman–Crippen MR) is 170 cm³/mol. The fraction of sp³-hybridized carbons (Fsp3) is 0.464. The van der Waals surface area contributed by atoms with Gasteiger partial charge in [-0.25, -0.2) is 0 Å². The Morgan fingerprint density at radius 2 is 1.51 bits per heavy atom. The SMILES string of the molecule is CSCC[C@H](NC(=O)[C@H](Cc1c[nH]c2ccccc12)NC(C)=O)C(=O)N[C@@H](CC(=O)O)C(=O)N[C@@H](CCCN=C(N)N)C(N)=O. The number of carbonyl (C=O) groups is 6. The first kappa shape index (κ1) is 36.4. The highest BCUT2D eigenvalue weighted by atomic mass is 32.2. The second kappa shape index (κ2) is 18.1. The third-order valence-electron chi connectivity index (χ3n) is 6.65. The van der Waals surface area contributed by atoms with Crippen LogP contribution in [0.1, 0.15) is 38.2 Å². The maximum atomic E-state index is 13.4. The molecule has 2 rings (SSSR count). The number of aromatic nitrogens is 1. The summed E-state index contributed by atoms with van der Waals surface area (Å²) in [4.78, 5) is 82.2. The number of aromatic amines is 1. The van der Waals surface area contributed by atoms with Crippen molar-refractivity contribution in [2.75, 3.05) is 18.6 Å². The van der Waals surface area contributed by atoms with Crippen molar-refractivity contribution in [1.82, 2.24) is 26.3 Å². The molecule has 5 amide bonds. The number of carbonyl (C=O) groups excluding carboxylic acids is 5. The molecule has 45 heavy (non-hydrogen) atoms. The van der Waals surface area contributed by atoms with Gasteiger partial charge in [-0.1, -0.05) is 18.2 Å². The van der Waals surface area contributed by atoms with E-state index in [-0.39, 0.29) is 38.2 Å². The topological polar surface area (TPSA) is 277 Å². The zero-order valence-electron chi connectivity index (χ0n) is 25.1. The van der Waals surface area contributed by atoms with Crippen LogP contribution in [0.25, 0.3) is 10.9 Å². The first-order valence-electron chi connectivity index (χ1n) is 14.1. The van der Waals surface area contributed by atoms with E-state index in [0.717, 1.165) is 16.5 Å². The molecule has 1 aromatic carbocycles. The van der Waals surface area contributed by atoms with Crippen molar-refractivity contribution in [3.8, 4) is 0 Å². The van der Waals surface area contributed by atoms with Gasteiger partial charge in [0, 0.05) is 37.0 Å². The highest BCUT2D eigenvalue weighted by Gasteiger charge is 2.32. The molecule has 4 atom stereocenters. The Morgan fingerprint density at radius 1 is 0.889 bits per heavy atom. The number of nitrogens with two attached hydrogens (primary N) is 3. The van der Waals surface area contributed by atoms with Crippen LogP contribution >= 0.6 is 11.8 Å². The summed E-state index contributed by atoms with van der Waals surface area (Å²) in [7, 11) is 0. The van der Waals surface area contributed by atoms with Crippen molar-refractivity contribution in [2.45, 2.75) is 63.2 Å². The number of amides is 5. The van der Waals surface area contributed by atoms with Gasteiger partial charge < -0.3 is 48.6 Å². The molecule has 0 unspecified atom stereocenters. The van der Waals surface area contributed by atoms with E-state index >= 15 is 0 Å². The molecule has 12 N–H and O–H groups in total. The van der Waals surface area contributed by atoms with Gasteiger partial charge in [-0.05, 0) is 42.9 Å². The standard InChI is InChI=1S/C28H41N9O7S/c1-15(38)34-21(12-16-14-33-18-7-4-3-6-17(16)18)26(43)36-20(9-11-45-2)25(42)37-22(13-23(39)40)27(44)35-19(24(29)41)8-5-10-32-28(30)31/h3-4,6-7,14,19-22,33H,5,8-13H2,1-2H3,(H2,29,41)(H,34,38)(H,35,44)(H,36,43)(H,37,42)(H,39,40)(H4,30,31,32)/t19-,20-,21-,22-/m0/s1. The molecule has 0 aliphatic rings. The van der Waals surface area contributed by atoms with Crippen molar-refractivity contribution in [3.05, 3.63) is 36.0 Å². The maximum absolute atomic E-state index is 13.4. The monoisotopic (exact) mass is 647 g/mol. The van der Waals surface area contributed by atoms with Gasteiger partial charge >= 0.3 is 5.97 Å². The lowest BCUT2D eigenvalue weighted by molar-refractivity contribution is -0.141. The van der Waals surface area contributed by atoms with Crippen molar-refractivity contribution < 1.29 is 33.9 Å². The van der Waals surface area contributed by atoms with Crippen LogP contribution in [0.5, 0.6) is 0 Å². The highest BCUT2D eigenvalue weighted by Crippen LogP contribution is 2.19. The number of primary amides is 1. The lowest BCUT2D eigenvalue weighted by Gasteiger charge is -2.25. The summed E-state index contributed by atoms with van der Waals surface area (Å²) in [5.74, 6) is -4.88. The van der Waals surface area contributed by atoms with E-state index in [2.05, 4.69) is 31.2 Å². The maximum Gasteiger partial charge on any atom is 0.305 e. The molecule has 0 fully saturated rings. The number of hydrogen-bond acceptors (Lipinski definition) is 8. The van der Waals surface area contributed by atoms with Crippen molar-refractivity contribution >= 4 is 64.1 Å². The fourth-order valence-corrected chi connectivity index (χ4v) is 4.94. The Labute approximate surface area is 264 Å². The smallest absolute Gasteiger partial charge is 0.305 e. The van der Waals surface area contributed by atoms with E-state index in [4.69, 9.17) is 17.2 Å². The number of carboxylic acids is 1. The van der Waals surface area contributed by atoms with E-state index < -0.39 is 66.1 Å². The molecule has 17 heteroatoms. The molecule has 0 bridgehead atoms. The summed E-state index contributed by atoms with van der Waals surface area (Å²) in [6.07, 6.45) is 3.31. The molecule has 0 saturated carbocycles. The molecule has 0 radical (unpaired) electrons. The zero-order chi connectivity index (χ0) is 33.5. The van der Waals surface area contributed by atoms with E-state index in [1.165, 1.54) is 18.7 Å². The minimum absolute atomic E-state index is 0.0545. The van der Waals surface area contributed by atoms with Gasteiger partial charge in [0.2, 0.25) is 29.5 Å². The van der Waals surface area contributed by atoms with Gasteiger partial charge in [0.1, 0.15) is 24.2 Å². The first-order chi connectivity index (χ1) is 21.3. The fourth-order valence-electron chi connectivity index (χ4n) is 4.47. The van der Waals surface area contributed by atoms with E-state index in [0.29, 0.717) is 5.75 Å². The normalized spacial score (nSPS) is 13.5. The molecule has 0 spiro atoms. The van der Waals surface area contributed by atoms with Crippen LogP contribution in [0, 0.1) is 0 Å². The highest BCUT2D eigenvalue weighted by molar-refractivity contribution is 7.98. The number of fused-ring (bicyclic) bond motifs is 1. The van der Waals surface area contributed by atoms with E-state index in [9.17, 15) is 33.9 Å². The number of carboxylic acid groups (broad SMARTS) is 1. The third-order valence-corrected chi connectivity index (χ3v) is 7.30. The van der Waals surface area contributed by atoms with Gasteiger partial charge in [0.25, 0.3) is 0 Å². The largest absolute Gasteiger partial charge is 0.481 e. The Morgan fingerprint density at radius 3 is 2.13 bits per heavy atom. The number of hydrogen-bond donors (Lipinski definition) is 9. The average molecular weight is 648 g/mol.